The lowest BCUT2D eigenvalue weighted by Crippen LogP contribution is -2.27. The summed E-state index contributed by atoms with van der Waals surface area (Å²) in [6.45, 7) is 6.62. The van der Waals surface area contributed by atoms with Crippen molar-refractivity contribution < 1.29 is 13.2 Å². The first-order valence-electron chi connectivity index (χ1n) is 5.45. The molecule has 5 heteroatoms. The molecule has 96 valence electrons. The monoisotopic (exact) mass is 257 g/mol. The number of ether oxygens (including phenoxy) is 1. The summed E-state index contributed by atoms with van der Waals surface area (Å²) in [6.07, 6.45) is 1.14. The maximum atomic E-state index is 10.9. The first-order chi connectivity index (χ1) is 7.81. The molecule has 1 aromatic rings. The summed E-state index contributed by atoms with van der Waals surface area (Å²) < 4.78 is 29.7. The zero-order valence-electron chi connectivity index (χ0n) is 10.7. The van der Waals surface area contributed by atoms with Crippen molar-refractivity contribution in [2.24, 2.45) is 0 Å². The molecule has 0 aliphatic heterocycles. The number of aryl methyl sites for hydroxylation is 2. The zero-order valence-corrected chi connectivity index (χ0v) is 11.5. The van der Waals surface area contributed by atoms with Gasteiger partial charge in [-0.3, -0.25) is 0 Å². The van der Waals surface area contributed by atoms with E-state index in [1.165, 1.54) is 5.56 Å². The third-order valence-corrected chi connectivity index (χ3v) is 3.31. The second kappa shape index (κ2) is 5.51. The predicted octanol–water partition coefficient (Wildman–Crippen LogP) is 1.54. The van der Waals surface area contributed by atoms with Crippen molar-refractivity contribution in [3.05, 3.63) is 28.8 Å². The van der Waals surface area contributed by atoms with E-state index in [4.69, 9.17) is 4.74 Å². The van der Waals surface area contributed by atoms with Gasteiger partial charge in [0.05, 0.1) is 6.26 Å². The van der Waals surface area contributed by atoms with Gasteiger partial charge in [-0.2, -0.15) is 0 Å². The number of sulfonamides is 1. The summed E-state index contributed by atoms with van der Waals surface area (Å²) >= 11 is 0. The first-order valence-corrected chi connectivity index (χ1v) is 7.34. The maximum Gasteiger partial charge on any atom is 0.208 e. The number of benzene rings is 1. The minimum Gasteiger partial charge on any atom is -0.492 e. The smallest absolute Gasteiger partial charge is 0.208 e. The first kappa shape index (κ1) is 14.0. The van der Waals surface area contributed by atoms with Gasteiger partial charge in [0.1, 0.15) is 12.4 Å². The van der Waals surface area contributed by atoms with Crippen molar-refractivity contribution in [2.45, 2.75) is 20.8 Å². The van der Waals surface area contributed by atoms with Crippen molar-refractivity contribution in [3.8, 4) is 5.75 Å². The predicted molar refractivity (Wildman–Crippen MR) is 69.0 cm³/mol. The van der Waals surface area contributed by atoms with Crippen LogP contribution in [0, 0.1) is 20.8 Å². The van der Waals surface area contributed by atoms with Crippen LogP contribution in [0.4, 0.5) is 0 Å². The van der Waals surface area contributed by atoms with Gasteiger partial charge in [0.15, 0.2) is 0 Å². The highest BCUT2D eigenvalue weighted by atomic mass is 32.2. The molecular formula is C12H19NO3S. The highest BCUT2D eigenvalue weighted by molar-refractivity contribution is 7.88. The summed E-state index contributed by atoms with van der Waals surface area (Å²) in [5.74, 6) is 0.848. The molecule has 1 N–H and O–H groups in total. The molecule has 0 atom stereocenters. The summed E-state index contributed by atoms with van der Waals surface area (Å²) in [5, 5.41) is 0. The second-order valence-electron chi connectivity index (χ2n) is 4.17. The summed E-state index contributed by atoms with van der Waals surface area (Å²) in [7, 11) is -3.14. The van der Waals surface area contributed by atoms with Gasteiger partial charge in [-0.25, -0.2) is 13.1 Å². The maximum absolute atomic E-state index is 10.9. The van der Waals surface area contributed by atoms with Gasteiger partial charge in [-0.1, -0.05) is 12.1 Å². The minimum atomic E-state index is -3.14. The van der Waals surface area contributed by atoms with Gasteiger partial charge in [0.25, 0.3) is 0 Å². The lowest BCUT2D eigenvalue weighted by atomic mass is 10.1. The number of nitrogens with one attached hydrogen (secondary N) is 1. The van der Waals surface area contributed by atoms with Crippen molar-refractivity contribution in [3.63, 3.8) is 0 Å². The van der Waals surface area contributed by atoms with Crippen molar-refractivity contribution in [2.75, 3.05) is 19.4 Å². The van der Waals surface area contributed by atoms with Crippen LogP contribution >= 0.6 is 0 Å². The van der Waals surface area contributed by atoms with Gasteiger partial charge in [0, 0.05) is 6.54 Å². The zero-order chi connectivity index (χ0) is 13.1. The molecule has 0 amide bonds. The van der Waals surface area contributed by atoms with Gasteiger partial charge < -0.3 is 4.74 Å². The molecule has 1 rings (SSSR count). The van der Waals surface area contributed by atoms with Crippen LogP contribution in [0.15, 0.2) is 12.1 Å². The standard InChI is InChI=1S/C12H19NO3S/c1-9-5-6-10(2)12(11(9)3)16-8-7-13-17(4,14)15/h5-6,13H,7-8H2,1-4H3. The summed E-state index contributed by atoms with van der Waals surface area (Å²) in [4.78, 5) is 0. The van der Waals surface area contributed by atoms with Crippen LogP contribution in [0.25, 0.3) is 0 Å². The molecule has 0 aliphatic rings. The van der Waals surface area contributed by atoms with Gasteiger partial charge in [-0.15, -0.1) is 0 Å². The van der Waals surface area contributed by atoms with Crippen LogP contribution in [0.5, 0.6) is 5.75 Å². The molecule has 0 saturated carbocycles. The fourth-order valence-corrected chi connectivity index (χ4v) is 1.98. The molecule has 17 heavy (non-hydrogen) atoms. The lowest BCUT2D eigenvalue weighted by molar-refractivity contribution is 0.318. The summed E-state index contributed by atoms with van der Waals surface area (Å²) in [5.41, 5.74) is 3.33. The average Bonchev–Trinajstić information content (AvgIpc) is 2.21. The summed E-state index contributed by atoms with van der Waals surface area (Å²) in [6, 6.07) is 4.05. The van der Waals surface area contributed by atoms with E-state index in [-0.39, 0.29) is 6.54 Å². The molecule has 0 spiro atoms. The third kappa shape index (κ3) is 4.36. The molecule has 1 aromatic carbocycles. The number of hydrogen-bond donors (Lipinski definition) is 1. The normalized spacial score (nSPS) is 11.5. The van der Waals surface area contributed by atoms with E-state index in [1.807, 2.05) is 32.9 Å². The highest BCUT2D eigenvalue weighted by Crippen LogP contribution is 2.25. The molecule has 0 bridgehead atoms. The Hall–Kier alpha value is -1.07. The Morgan fingerprint density at radius 3 is 2.35 bits per heavy atom. The van der Waals surface area contributed by atoms with Crippen molar-refractivity contribution in [1.29, 1.82) is 0 Å². The van der Waals surface area contributed by atoms with Gasteiger partial charge in [-0.05, 0) is 37.5 Å². The fraction of sp³-hybridized carbons (Fsp3) is 0.500. The van der Waals surface area contributed by atoms with E-state index in [0.717, 1.165) is 23.1 Å². The molecule has 0 aromatic heterocycles. The van der Waals surface area contributed by atoms with E-state index in [0.29, 0.717) is 6.61 Å². The quantitative estimate of drug-likeness (QED) is 0.814. The SMILES string of the molecule is Cc1ccc(C)c(OCCNS(C)(=O)=O)c1C. The molecule has 4 nitrogen and oxygen atoms in total. The lowest BCUT2D eigenvalue weighted by Gasteiger charge is -2.13. The Balaban J connectivity index is 2.61. The Morgan fingerprint density at radius 2 is 1.76 bits per heavy atom. The molecule has 0 aliphatic carbocycles. The highest BCUT2D eigenvalue weighted by Gasteiger charge is 2.06. The van der Waals surface area contributed by atoms with Gasteiger partial charge in [0.2, 0.25) is 10.0 Å². The van der Waals surface area contributed by atoms with E-state index < -0.39 is 10.0 Å². The number of hydrogen-bond acceptors (Lipinski definition) is 3. The van der Waals surface area contributed by atoms with Crippen LogP contribution in [0.2, 0.25) is 0 Å². The molecule has 0 unspecified atom stereocenters. The van der Waals surface area contributed by atoms with E-state index in [9.17, 15) is 8.42 Å². The molecule has 0 saturated heterocycles. The Labute approximate surface area is 103 Å². The van der Waals surface area contributed by atoms with E-state index in [1.54, 1.807) is 0 Å². The fourth-order valence-electron chi connectivity index (χ4n) is 1.53. The van der Waals surface area contributed by atoms with Gasteiger partial charge >= 0.3 is 0 Å². The van der Waals surface area contributed by atoms with E-state index in [2.05, 4.69) is 4.72 Å². The Morgan fingerprint density at radius 1 is 1.18 bits per heavy atom. The molecule has 0 radical (unpaired) electrons. The Bertz CT molecular complexity index is 495. The van der Waals surface area contributed by atoms with Crippen LogP contribution < -0.4 is 9.46 Å². The van der Waals surface area contributed by atoms with Crippen LogP contribution in [-0.4, -0.2) is 27.8 Å². The topological polar surface area (TPSA) is 55.4 Å². The minimum absolute atomic E-state index is 0.283. The van der Waals surface area contributed by atoms with Crippen molar-refractivity contribution >= 4 is 10.0 Å². The van der Waals surface area contributed by atoms with Crippen molar-refractivity contribution in [1.82, 2.24) is 4.72 Å². The number of rotatable bonds is 5. The molecule has 0 fully saturated rings. The van der Waals surface area contributed by atoms with Crippen LogP contribution in [0.1, 0.15) is 16.7 Å². The Kier molecular flexibility index (Phi) is 4.54. The van der Waals surface area contributed by atoms with E-state index >= 15 is 0 Å². The average molecular weight is 257 g/mol. The molecular weight excluding hydrogens is 238 g/mol. The molecule has 0 heterocycles. The largest absolute Gasteiger partial charge is 0.492 e. The third-order valence-electron chi connectivity index (χ3n) is 2.59. The van der Waals surface area contributed by atoms with Crippen LogP contribution in [-0.2, 0) is 10.0 Å². The second-order valence-corrected chi connectivity index (χ2v) is 6.00. The van der Waals surface area contributed by atoms with Crippen LogP contribution in [0.3, 0.4) is 0 Å².